The van der Waals surface area contributed by atoms with Crippen LogP contribution in [0.4, 0.5) is 0 Å². The molecular weight excluding hydrogens is 254 g/mol. The third-order valence-corrected chi connectivity index (χ3v) is 3.27. The lowest BCUT2D eigenvalue weighted by molar-refractivity contribution is 0.216. The molecule has 100 valence electrons. The Morgan fingerprint density at radius 3 is 2.70 bits per heavy atom. The van der Waals surface area contributed by atoms with Gasteiger partial charge >= 0.3 is 0 Å². The van der Waals surface area contributed by atoms with Gasteiger partial charge in [0.2, 0.25) is 0 Å². The molecule has 0 aliphatic heterocycles. The number of aliphatic hydroxyl groups is 1. The molecule has 4 heteroatoms. The number of nitrogens with zero attached hydrogens (tertiary/aromatic N) is 1. The Labute approximate surface area is 115 Å². The highest BCUT2D eigenvalue weighted by atomic mass is 16.3. The van der Waals surface area contributed by atoms with Crippen LogP contribution in [0.1, 0.15) is 22.8 Å². The third-order valence-electron chi connectivity index (χ3n) is 3.27. The summed E-state index contributed by atoms with van der Waals surface area (Å²) in [5, 5.41) is 10.8. The van der Waals surface area contributed by atoms with Crippen molar-refractivity contribution in [3.8, 4) is 0 Å². The van der Waals surface area contributed by atoms with Crippen LogP contribution in [0.15, 0.2) is 58.2 Å². The highest BCUT2D eigenvalue weighted by molar-refractivity contribution is 5.77. The van der Waals surface area contributed by atoms with Gasteiger partial charge in [0.1, 0.15) is 18.0 Å². The van der Waals surface area contributed by atoms with Crippen molar-refractivity contribution in [3.05, 3.63) is 75.9 Å². The van der Waals surface area contributed by atoms with E-state index < -0.39 is 6.10 Å². The molecule has 0 aliphatic carbocycles. The molecule has 4 nitrogen and oxygen atoms in total. The summed E-state index contributed by atoms with van der Waals surface area (Å²) < 4.78 is 5.45. The second-order valence-corrected chi connectivity index (χ2v) is 4.70. The molecule has 0 amide bonds. The molecule has 1 atom stereocenters. The zero-order valence-corrected chi connectivity index (χ0v) is 10.9. The minimum absolute atomic E-state index is 0.209. The predicted molar refractivity (Wildman–Crippen MR) is 75.5 cm³/mol. The minimum atomic E-state index is -1.01. The smallest absolute Gasteiger partial charge is 0.198 e. The van der Waals surface area contributed by atoms with Crippen molar-refractivity contribution in [2.75, 3.05) is 0 Å². The number of aromatic nitrogens is 1. The van der Waals surface area contributed by atoms with Gasteiger partial charge in [0.15, 0.2) is 5.43 Å². The number of aryl methyl sites for hydroxylation is 1. The summed E-state index contributed by atoms with van der Waals surface area (Å²) in [5.74, 6) is 0. The molecule has 0 aliphatic rings. The molecule has 0 radical (unpaired) electrons. The second kappa shape index (κ2) is 4.90. The summed E-state index contributed by atoms with van der Waals surface area (Å²) in [6.45, 7) is 1.91. The summed E-state index contributed by atoms with van der Waals surface area (Å²) in [4.78, 5) is 16.4. The van der Waals surface area contributed by atoms with Crippen LogP contribution in [0.5, 0.6) is 0 Å². The van der Waals surface area contributed by atoms with E-state index in [0.29, 0.717) is 16.5 Å². The highest BCUT2D eigenvalue weighted by Gasteiger charge is 2.16. The van der Waals surface area contributed by atoms with Gasteiger partial charge in [-0.05, 0) is 36.8 Å². The molecule has 0 fully saturated rings. The van der Waals surface area contributed by atoms with Gasteiger partial charge in [0.25, 0.3) is 0 Å². The van der Waals surface area contributed by atoms with Crippen molar-refractivity contribution >= 4 is 11.0 Å². The first kappa shape index (κ1) is 12.6. The highest BCUT2D eigenvalue weighted by Crippen LogP contribution is 2.21. The number of hydrogen-bond acceptors (Lipinski definition) is 4. The lowest BCUT2D eigenvalue weighted by atomic mass is 10.0. The van der Waals surface area contributed by atoms with Crippen LogP contribution in [-0.2, 0) is 0 Å². The van der Waals surface area contributed by atoms with Gasteiger partial charge in [-0.15, -0.1) is 0 Å². The van der Waals surface area contributed by atoms with Gasteiger partial charge in [-0.3, -0.25) is 9.78 Å². The molecule has 20 heavy (non-hydrogen) atoms. The monoisotopic (exact) mass is 267 g/mol. The van der Waals surface area contributed by atoms with E-state index in [1.807, 2.05) is 13.0 Å². The van der Waals surface area contributed by atoms with E-state index in [0.717, 1.165) is 5.56 Å². The van der Waals surface area contributed by atoms with Gasteiger partial charge in [0.05, 0.1) is 10.9 Å². The molecule has 0 saturated heterocycles. The summed E-state index contributed by atoms with van der Waals surface area (Å²) in [6, 6.07) is 8.75. The first-order chi connectivity index (χ1) is 9.66. The Bertz CT molecular complexity index is 809. The van der Waals surface area contributed by atoms with Crippen molar-refractivity contribution < 1.29 is 9.52 Å². The second-order valence-electron chi connectivity index (χ2n) is 4.70. The van der Waals surface area contributed by atoms with Crippen LogP contribution in [0.25, 0.3) is 11.0 Å². The largest absolute Gasteiger partial charge is 0.464 e. The number of aliphatic hydroxyl groups excluding tert-OH is 1. The molecule has 1 unspecified atom stereocenters. The van der Waals surface area contributed by atoms with E-state index in [1.165, 1.54) is 6.26 Å². The summed E-state index contributed by atoms with van der Waals surface area (Å²) >= 11 is 0. The van der Waals surface area contributed by atoms with Gasteiger partial charge < -0.3 is 9.52 Å². The molecule has 1 aromatic carbocycles. The van der Waals surface area contributed by atoms with Crippen molar-refractivity contribution in [2.24, 2.45) is 0 Å². The van der Waals surface area contributed by atoms with Gasteiger partial charge in [-0.25, -0.2) is 0 Å². The van der Waals surface area contributed by atoms with Gasteiger partial charge in [-0.1, -0.05) is 11.6 Å². The van der Waals surface area contributed by atoms with E-state index >= 15 is 0 Å². The maximum absolute atomic E-state index is 12.5. The topological polar surface area (TPSA) is 63.3 Å². The first-order valence-corrected chi connectivity index (χ1v) is 6.27. The number of benzene rings is 1. The Kier molecular flexibility index (Phi) is 3.08. The van der Waals surface area contributed by atoms with E-state index in [-0.39, 0.29) is 11.0 Å². The third kappa shape index (κ3) is 2.10. The van der Waals surface area contributed by atoms with Crippen molar-refractivity contribution in [1.29, 1.82) is 0 Å². The van der Waals surface area contributed by atoms with Crippen molar-refractivity contribution in [2.45, 2.75) is 13.0 Å². The Hall–Kier alpha value is -2.46. The van der Waals surface area contributed by atoms with Crippen LogP contribution >= 0.6 is 0 Å². The molecule has 2 heterocycles. The zero-order valence-electron chi connectivity index (χ0n) is 10.9. The molecule has 0 bridgehead atoms. The summed E-state index contributed by atoms with van der Waals surface area (Å²) in [7, 11) is 0. The number of rotatable bonds is 2. The molecule has 0 saturated carbocycles. The van der Waals surface area contributed by atoms with Crippen LogP contribution in [0.2, 0.25) is 0 Å². The number of hydrogen-bond donors (Lipinski definition) is 1. The average molecular weight is 267 g/mol. The molecular formula is C16H13NO3. The van der Waals surface area contributed by atoms with Crippen LogP contribution in [-0.4, -0.2) is 10.1 Å². The Morgan fingerprint density at radius 1 is 1.20 bits per heavy atom. The summed E-state index contributed by atoms with van der Waals surface area (Å²) in [6.07, 6.45) is 3.46. The minimum Gasteiger partial charge on any atom is -0.464 e. The normalized spacial score (nSPS) is 12.5. The molecule has 0 spiro atoms. The molecule has 2 aromatic heterocycles. The van der Waals surface area contributed by atoms with E-state index in [4.69, 9.17) is 4.42 Å². The van der Waals surface area contributed by atoms with Crippen LogP contribution in [0.3, 0.4) is 0 Å². The van der Waals surface area contributed by atoms with E-state index in [9.17, 15) is 9.90 Å². The molecule has 3 rings (SSSR count). The van der Waals surface area contributed by atoms with Crippen molar-refractivity contribution in [3.63, 3.8) is 0 Å². The van der Waals surface area contributed by atoms with Crippen LogP contribution in [0, 0.1) is 6.92 Å². The number of fused-ring (bicyclic) bond motifs is 1. The van der Waals surface area contributed by atoms with E-state index in [1.54, 1.807) is 36.7 Å². The molecule has 3 aromatic rings. The van der Waals surface area contributed by atoms with Gasteiger partial charge in [-0.2, -0.15) is 0 Å². The quantitative estimate of drug-likeness (QED) is 0.775. The Balaban J connectivity index is 2.18. The predicted octanol–water partition coefficient (Wildman–Crippen LogP) is 2.58. The SMILES string of the molecule is Cc1ccc2occ(C(O)c3ccncc3)c(=O)c2c1. The Morgan fingerprint density at radius 2 is 1.95 bits per heavy atom. The fraction of sp³-hybridized carbons (Fsp3) is 0.125. The standard InChI is InChI=1S/C16H13NO3/c1-10-2-3-14-12(8-10)16(19)13(9-20-14)15(18)11-4-6-17-7-5-11/h2-9,15,18H,1H3. The fourth-order valence-corrected chi connectivity index (χ4v) is 2.17. The lowest BCUT2D eigenvalue weighted by Gasteiger charge is -2.10. The van der Waals surface area contributed by atoms with E-state index in [2.05, 4.69) is 4.98 Å². The van der Waals surface area contributed by atoms with Crippen LogP contribution < -0.4 is 5.43 Å². The fourth-order valence-electron chi connectivity index (χ4n) is 2.17. The molecule has 1 N–H and O–H groups in total. The lowest BCUT2D eigenvalue weighted by Crippen LogP contribution is -2.14. The summed E-state index contributed by atoms with van der Waals surface area (Å²) in [5.41, 5.74) is 2.12. The maximum Gasteiger partial charge on any atom is 0.198 e. The number of pyridine rings is 1. The average Bonchev–Trinajstić information content (AvgIpc) is 2.48. The van der Waals surface area contributed by atoms with Gasteiger partial charge in [0, 0.05) is 12.4 Å². The zero-order chi connectivity index (χ0) is 14.1. The van der Waals surface area contributed by atoms with Crippen molar-refractivity contribution in [1.82, 2.24) is 4.98 Å². The maximum atomic E-state index is 12.5. The first-order valence-electron chi connectivity index (χ1n) is 6.27.